The summed E-state index contributed by atoms with van der Waals surface area (Å²) in [5.74, 6) is 0.124. The maximum absolute atomic E-state index is 11.5. The van der Waals surface area contributed by atoms with Crippen LogP contribution in [0.5, 0.6) is 0 Å². The van der Waals surface area contributed by atoms with Crippen LogP contribution in [-0.2, 0) is 10.4 Å². The molecule has 1 aromatic rings. The fourth-order valence-corrected chi connectivity index (χ4v) is 2.00. The highest BCUT2D eigenvalue weighted by atomic mass is 16.3. The molecule has 1 heterocycles. The maximum Gasteiger partial charge on any atom is 0.242 e. The van der Waals surface area contributed by atoms with Crippen molar-refractivity contribution in [2.75, 3.05) is 18.6 Å². The Morgan fingerprint density at radius 2 is 2.06 bits per heavy atom. The normalized spacial score (nSPS) is 16.8. The van der Waals surface area contributed by atoms with Crippen LogP contribution in [0.4, 0.5) is 5.69 Å². The van der Waals surface area contributed by atoms with E-state index in [2.05, 4.69) is 0 Å². The fourth-order valence-electron chi connectivity index (χ4n) is 2.00. The summed E-state index contributed by atoms with van der Waals surface area (Å²) in [5, 5.41) is 13.5. The number of hydrazine groups is 1. The van der Waals surface area contributed by atoms with Gasteiger partial charge < -0.3 is 5.11 Å². The number of benzene rings is 1. The monoisotopic (exact) mass is 234 g/mol. The zero-order valence-corrected chi connectivity index (χ0v) is 10.5. The van der Waals surface area contributed by atoms with E-state index >= 15 is 0 Å². The smallest absolute Gasteiger partial charge is 0.242 e. The SMILES string of the molecule is CN1C(=O)CCN1c1cccc(C(C)(C)O)c1. The van der Waals surface area contributed by atoms with E-state index in [9.17, 15) is 9.90 Å². The molecule has 2 rings (SSSR count). The van der Waals surface area contributed by atoms with Gasteiger partial charge in [-0.2, -0.15) is 0 Å². The molecule has 1 aliphatic heterocycles. The van der Waals surface area contributed by atoms with E-state index in [1.54, 1.807) is 25.9 Å². The van der Waals surface area contributed by atoms with Crippen molar-refractivity contribution in [3.8, 4) is 0 Å². The third-order valence-electron chi connectivity index (χ3n) is 3.11. The molecule has 1 fully saturated rings. The second-order valence-electron chi connectivity index (χ2n) is 4.90. The minimum Gasteiger partial charge on any atom is -0.386 e. The number of hydrogen-bond donors (Lipinski definition) is 1. The number of carbonyl (C=O) groups is 1. The van der Waals surface area contributed by atoms with E-state index in [4.69, 9.17) is 0 Å². The Morgan fingerprint density at radius 1 is 1.35 bits per heavy atom. The van der Waals surface area contributed by atoms with Gasteiger partial charge in [0.05, 0.1) is 11.3 Å². The molecule has 17 heavy (non-hydrogen) atoms. The predicted molar refractivity (Wildman–Crippen MR) is 66.4 cm³/mol. The molecule has 92 valence electrons. The van der Waals surface area contributed by atoms with Gasteiger partial charge in [-0.05, 0) is 31.5 Å². The van der Waals surface area contributed by atoms with Gasteiger partial charge in [0.2, 0.25) is 5.91 Å². The lowest BCUT2D eigenvalue weighted by Gasteiger charge is -2.27. The van der Waals surface area contributed by atoms with Crippen LogP contribution in [0.3, 0.4) is 0 Å². The Balaban J connectivity index is 2.31. The first-order chi connectivity index (χ1) is 7.89. The summed E-state index contributed by atoms with van der Waals surface area (Å²) in [5.41, 5.74) is 0.930. The summed E-state index contributed by atoms with van der Waals surface area (Å²) in [6.45, 7) is 4.21. The lowest BCUT2D eigenvalue weighted by Crippen LogP contribution is -2.35. The van der Waals surface area contributed by atoms with Crippen LogP contribution in [0.15, 0.2) is 24.3 Å². The zero-order chi connectivity index (χ0) is 12.6. The van der Waals surface area contributed by atoms with E-state index in [1.165, 1.54) is 0 Å². The van der Waals surface area contributed by atoms with E-state index in [0.717, 1.165) is 11.3 Å². The van der Waals surface area contributed by atoms with Gasteiger partial charge in [0.15, 0.2) is 0 Å². The molecular formula is C13H18N2O2. The van der Waals surface area contributed by atoms with Crippen molar-refractivity contribution in [3.63, 3.8) is 0 Å². The molecule has 1 saturated heterocycles. The Hall–Kier alpha value is -1.55. The summed E-state index contributed by atoms with van der Waals surface area (Å²) in [6.07, 6.45) is 0.545. The van der Waals surface area contributed by atoms with Crippen molar-refractivity contribution >= 4 is 11.6 Å². The Kier molecular flexibility index (Phi) is 2.83. The van der Waals surface area contributed by atoms with Crippen LogP contribution in [0.1, 0.15) is 25.8 Å². The minimum atomic E-state index is -0.863. The van der Waals surface area contributed by atoms with E-state index in [1.807, 2.05) is 29.3 Å². The summed E-state index contributed by atoms with van der Waals surface area (Å²) < 4.78 is 0. The standard InChI is InChI=1S/C13H18N2O2/c1-13(2,17)10-5-4-6-11(9-10)15-8-7-12(16)14(15)3/h4-6,9,17H,7-8H2,1-3H3. The molecule has 0 bridgehead atoms. The summed E-state index contributed by atoms with van der Waals surface area (Å²) >= 11 is 0. The first-order valence-electron chi connectivity index (χ1n) is 5.76. The number of aliphatic hydroxyl groups is 1. The number of anilines is 1. The van der Waals surface area contributed by atoms with Gasteiger partial charge >= 0.3 is 0 Å². The summed E-state index contributed by atoms with van der Waals surface area (Å²) in [6, 6.07) is 7.67. The van der Waals surface area contributed by atoms with Crippen LogP contribution in [0, 0.1) is 0 Å². The van der Waals surface area contributed by atoms with Crippen molar-refractivity contribution in [3.05, 3.63) is 29.8 Å². The predicted octanol–water partition coefficient (Wildman–Crippen LogP) is 1.50. The van der Waals surface area contributed by atoms with Gasteiger partial charge in [0, 0.05) is 20.0 Å². The van der Waals surface area contributed by atoms with Gasteiger partial charge in [-0.25, -0.2) is 0 Å². The second kappa shape index (κ2) is 4.04. The lowest BCUT2D eigenvalue weighted by atomic mass is 9.98. The van der Waals surface area contributed by atoms with Gasteiger partial charge in [-0.15, -0.1) is 0 Å². The molecule has 1 aliphatic rings. The van der Waals surface area contributed by atoms with E-state index in [0.29, 0.717) is 13.0 Å². The quantitative estimate of drug-likeness (QED) is 0.843. The molecular weight excluding hydrogens is 216 g/mol. The Labute approximate surface area is 101 Å². The molecule has 0 aromatic heterocycles. The Bertz CT molecular complexity index is 437. The van der Waals surface area contributed by atoms with Gasteiger partial charge in [-0.3, -0.25) is 14.8 Å². The highest BCUT2D eigenvalue weighted by Crippen LogP contribution is 2.27. The van der Waals surface area contributed by atoms with Gasteiger partial charge in [0.25, 0.3) is 0 Å². The van der Waals surface area contributed by atoms with Crippen LogP contribution < -0.4 is 5.01 Å². The molecule has 0 saturated carbocycles. The summed E-state index contributed by atoms with van der Waals surface area (Å²) in [7, 11) is 1.77. The molecule has 1 aromatic carbocycles. The van der Waals surface area contributed by atoms with Crippen molar-refractivity contribution in [1.29, 1.82) is 0 Å². The first kappa shape index (κ1) is 11.9. The second-order valence-corrected chi connectivity index (χ2v) is 4.90. The largest absolute Gasteiger partial charge is 0.386 e. The molecule has 0 unspecified atom stereocenters. The lowest BCUT2D eigenvalue weighted by molar-refractivity contribution is -0.126. The number of hydrogen-bond acceptors (Lipinski definition) is 3. The zero-order valence-electron chi connectivity index (χ0n) is 10.5. The molecule has 0 radical (unpaired) electrons. The topological polar surface area (TPSA) is 43.8 Å². The maximum atomic E-state index is 11.5. The van der Waals surface area contributed by atoms with Crippen molar-refractivity contribution in [1.82, 2.24) is 5.01 Å². The third kappa shape index (κ3) is 2.26. The average Bonchev–Trinajstić information content (AvgIpc) is 2.59. The average molecular weight is 234 g/mol. The van der Waals surface area contributed by atoms with Crippen LogP contribution in [-0.4, -0.2) is 29.6 Å². The minimum absolute atomic E-state index is 0.124. The van der Waals surface area contributed by atoms with Crippen molar-refractivity contribution in [2.24, 2.45) is 0 Å². The molecule has 0 atom stereocenters. The number of nitrogens with zero attached hydrogens (tertiary/aromatic N) is 2. The molecule has 4 heteroatoms. The van der Waals surface area contributed by atoms with Crippen LogP contribution >= 0.6 is 0 Å². The van der Waals surface area contributed by atoms with Crippen molar-refractivity contribution in [2.45, 2.75) is 25.9 Å². The molecule has 1 N–H and O–H groups in total. The van der Waals surface area contributed by atoms with Crippen LogP contribution in [0.25, 0.3) is 0 Å². The Morgan fingerprint density at radius 3 is 2.59 bits per heavy atom. The van der Waals surface area contributed by atoms with Crippen molar-refractivity contribution < 1.29 is 9.90 Å². The fraction of sp³-hybridized carbons (Fsp3) is 0.462. The molecule has 0 aliphatic carbocycles. The van der Waals surface area contributed by atoms with Gasteiger partial charge in [0.1, 0.15) is 0 Å². The molecule has 4 nitrogen and oxygen atoms in total. The van der Waals surface area contributed by atoms with E-state index in [-0.39, 0.29) is 5.91 Å². The summed E-state index contributed by atoms with van der Waals surface area (Å²) in [4.78, 5) is 11.5. The number of carbonyl (C=O) groups excluding carboxylic acids is 1. The van der Waals surface area contributed by atoms with Crippen LogP contribution in [0.2, 0.25) is 0 Å². The number of amides is 1. The first-order valence-corrected chi connectivity index (χ1v) is 5.76. The highest BCUT2D eigenvalue weighted by Gasteiger charge is 2.26. The number of rotatable bonds is 2. The highest BCUT2D eigenvalue weighted by molar-refractivity contribution is 5.81. The third-order valence-corrected chi connectivity index (χ3v) is 3.11. The molecule has 1 amide bonds. The van der Waals surface area contributed by atoms with E-state index < -0.39 is 5.60 Å². The molecule has 0 spiro atoms. The van der Waals surface area contributed by atoms with Gasteiger partial charge in [-0.1, -0.05) is 12.1 Å².